The van der Waals surface area contributed by atoms with E-state index in [0.717, 1.165) is 26.0 Å². The number of hydrogen-bond donors (Lipinski definition) is 2. The van der Waals surface area contributed by atoms with Crippen LogP contribution in [0.1, 0.15) is 47.5 Å². The lowest BCUT2D eigenvalue weighted by atomic mass is 9.64. The van der Waals surface area contributed by atoms with E-state index in [9.17, 15) is 4.79 Å². The topological polar surface area (TPSA) is 50.4 Å². The molecule has 1 fully saturated rings. The van der Waals surface area contributed by atoms with E-state index < -0.39 is 0 Å². The van der Waals surface area contributed by atoms with E-state index in [1.807, 2.05) is 0 Å². The Morgan fingerprint density at radius 3 is 2.63 bits per heavy atom. The number of carbonyl (C=O) groups excluding carboxylic acids is 1. The molecule has 19 heavy (non-hydrogen) atoms. The van der Waals surface area contributed by atoms with Gasteiger partial charge in [0.1, 0.15) is 0 Å². The Balaban J connectivity index is 2.25. The van der Waals surface area contributed by atoms with Crippen LogP contribution in [-0.4, -0.2) is 37.7 Å². The minimum atomic E-state index is 0.0872. The molecular weight excluding hydrogens is 240 g/mol. The van der Waals surface area contributed by atoms with Gasteiger partial charge in [0, 0.05) is 24.6 Å². The third kappa shape index (κ3) is 4.77. The lowest BCUT2D eigenvalue weighted by Gasteiger charge is -2.52. The zero-order valence-electron chi connectivity index (χ0n) is 13.1. The van der Waals surface area contributed by atoms with Crippen LogP contribution in [0.15, 0.2) is 0 Å². The highest BCUT2D eigenvalue weighted by atomic mass is 16.5. The number of ether oxygens (including phenoxy) is 1. The molecule has 0 aromatic heterocycles. The van der Waals surface area contributed by atoms with Gasteiger partial charge in [0.15, 0.2) is 0 Å². The maximum atomic E-state index is 11.5. The lowest BCUT2D eigenvalue weighted by molar-refractivity contribution is -0.130. The van der Waals surface area contributed by atoms with Crippen molar-refractivity contribution >= 4 is 5.91 Å². The smallest absolute Gasteiger partial charge is 0.233 e. The van der Waals surface area contributed by atoms with Crippen LogP contribution in [0.3, 0.4) is 0 Å². The van der Waals surface area contributed by atoms with Gasteiger partial charge in [-0.15, -0.1) is 0 Å². The highest BCUT2D eigenvalue weighted by Gasteiger charge is 2.48. The Hall–Kier alpha value is -0.610. The van der Waals surface area contributed by atoms with Crippen LogP contribution in [0.4, 0.5) is 0 Å². The minimum absolute atomic E-state index is 0.0872. The molecule has 0 saturated heterocycles. The van der Waals surface area contributed by atoms with E-state index in [2.05, 4.69) is 45.3 Å². The summed E-state index contributed by atoms with van der Waals surface area (Å²) in [7, 11) is 0. The molecule has 0 aromatic carbocycles. The molecule has 0 aliphatic heterocycles. The lowest BCUT2D eigenvalue weighted by Crippen LogP contribution is -2.62. The summed E-state index contributed by atoms with van der Waals surface area (Å²) in [5.41, 5.74) is 0.111. The Labute approximate surface area is 117 Å². The largest absolute Gasteiger partial charge is 0.377 e. The van der Waals surface area contributed by atoms with E-state index in [4.69, 9.17) is 4.74 Å². The maximum absolute atomic E-state index is 11.5. The highest BCUT2D eigenvalue weighted by molar-refractivity contribution is 5.78. The van der Waals surface area contributed by atoms with Crippen LogP contribution < -0.4 is 10.6 Å². The molecule has 0 bridgehead atoms. The zero-order chi connectivity index (χ0) is 14.5. The molecule has 0 radical (unpaired) electrons. The van der Waals surface area contributed by atoms with Crippen molar-refractivity contribution in [1.29, 1.82) is 0 Å². The standard InChI is InChI=1S/C15H30N2O2/c1-6-7-16-14(18)9-17-12-8-13(15(12,4)5)19-10-11(2)3/h11-13,17H,6-10H2,1-5H3,(H,16,18). The third-order valence-electron chi connectivity index (χ3n) is 3.89. The van der Waals surface area contributed by atoms with Crippen molar-refractivity contribution in [3.8, 4) is 0 Å². The summed E-state index contributed by atoms with van der Waals surface area (Å²) in [5.74, 6) is 0.659. The Kier molecular flexibility index (Phi) is 6.27. The molecule has 1 saturated carbocycles. The molecule has 0 heterocycles. The summed E-state index contributed by atoms with van der Waals surface area (Å²) >= 11 is 0. The van der Waals surface area contributed by atoms with E-state index in [-0.39, 0.29) is 11.3 Å². The van der Waals surface area contributed by atoms with Crippen LogP contribution in [0.2, 0.25) is 0 Å². The fraction of sp³-hybridized carbons (Fsp3) is 0.933. The first-order valence-electron chi connectivity index (χ1n) is 7.49. The second kappa shape index (κ2) is 7.25. The van der Waals surface area contributed by atoms with Gasteiger partial charge in [-0.3, -0.25) is 4.79 Å². The Morgan fingerprint density at radius 2 is 2.11 bits per heavy atom. The van der Waals surface area contributed by atoms with Gasteiger partial charge in [-0.1, -0.05) is 34.6 Å². The Morgan fingerprint density at radius 1 is 1.42 bits per heavy atom. The zero-order valence-corrected chi connectivity index (χ0v) is 13.1. The first-order valence-corrected chi connectivity index (χ1v) is 7.49. The molecule has 1 rings (SSSR count). The van der Waals surface area contributed by atoms with Crippen molar-refractivity contribution in [2.24, 2.45) is 11.3 Å². The molecule has 1 amide bonds. The number of hydrogen-bond acceptors (Lipinski definition) is 3. The number of carbonyl (C=O) groups is 1. The maximum Gasteiger partial charge on any atom is 0.233 e. The van der Waals surface area contributed by atoms with Crippen molar-refractivity contribution in [3.05, 3.63) is 0 Å². The Bertz CT molecular complexity index is 290. The molecule has 2 N–H and O–H groups in total. The van der Waals surface area contributed by atoms with Crippen LogP contribution in [-0.2, 0) is 9.53 Å². The second-order valence-electron chi connectivity index (χ2n) is 6.56. The predicted molar refractivity (Wildman–Crippen MR) is 78.1 cm³/mol. The van der Waals surface area contributed by atoms with E-state index in [1.54, 1.807) is 0 Å². The van der Waals surface area contributed by atoms with Crippen molar-refractivity contribution in [3.63, 3.8) is 0 Å². The second-order valence-corrected chi connectivity index (χ2v) is 6.56. The number of nitrogens with one attached hydrogen (secondary N) is 2. The third-order valence-corrected chi connectivity index (χ3v) is 3.89. The van der Waals surface area contributed by atoms with Crippen molar-refractivity contribution in [2.45, 2.75) is 59.6 Å². The van der Waals surface area contributed by atoms with E-state index in [0.29, 0.717) is 24.6 Å². The predicted octanol–water partition coefficient (Wildman–Crippen LogP) is 1.94. The van der Waals surface area contributed by atoms with Gasteiger partial charge in [-0.25, -0.2) is 0 Å². The molecule has 1 aliphatic carbocycles. The summed E-state index contributed by atoms with van der Waals surface area (Å²) < 4.78 is 5.92. The number of amides is 1. The molecule has 0 spiro atoms. The summed E-state index contributed by atoms with van der Waals surface area (Å²) in [4.78, 5) is 11.5. The van der Waals surface area contributed by atoms with Gasteiger partial charge in [-0.05, 0) is 18.8 Å². The summed E-state index contributed by atoms with van der Waals surface area (Å²) in [6.07, 6.45) is 2.29. The van der Waals surface area contributed by atoms with Crippen molar-refractivity contribution in [2.75, 3.05) is 19.7 Å². The fourth-order valence-corrected chi connectivity index (χ4v) is 2.37. The fourth-order valence-electron chi connectivity index (χ4n) is 2.37. The average Bonchev–Trinajstić information content (AvgIpc) is 2.33. The first-order chi connectivity index (χ1) is 8.87. The van der Waals surface area contributed by atoms with Gasteiger partial charge >= 0.3 is 0 Å². The molecule has 2 atom stereocenters. The van der Waals surface area contributed by atoms with Crippen molar-refractivity contribution < 1.29 is 9.53 Å². The molecule has 112 valence electrons. The highest BCUT2D eigenvalue weighted by Crippen LogP contribution is 2.42. The van der Waals surface area contributed by atoms with E-state index >= 15 is 0 Å². The van der Waals surface area contributed by atoms with Gasteiger partial charge < -0.3 is 15.4 Å². The van der Waals surface area contributed by atoms with Crippen LogP contribution >= 0.6 is 0 Å². The summed E-state index contributed by atoms with van der Waals surface area (Å²) in [6.45, 7) is 12.8. The van der Waals surface area contributed by atoms with Crippen LogP contribution in [0, 0.1) is 11.3 Å². The van der Waals surface area contributed by atoms with E-state index in [1.165, 1.54) is 0 Å². The number of rotatable bonds is 8. The van der Waals surface area contributed by atoms with Crippen LogP contribution in [0.25, 0.3) is 0 Å². The average molecular weight is 270 g/mol. The molecule has 4 nitrogen and oxygen atoms in total. The van der Waals surface area contributed by atoms with Gasteiger partial charge in [0.05, 0.1) is 12.6 Å². The summed E-state index contributed by atoms with van der Waals surface area (Å²) in [6, 6.07) is 0.372. The first kappa shape index (κ1) is 16.4. The molecule has 2 unspecified atom stereocenters. The normalized spacial score (nSPS) is 25.2. The van der Waals surface area contributed by atoms with Gasteiger partial charge in [-0.2, -0.15) is 0 Å². The summed E-state index contributed by atoms with van der Waals surface area (Å²) in [5, 5.41) is 6.23. The molecule has 1 aliphatic rings. The molecular formula is C15H30N2O2. The quantitative estimate of drug-likeness (QED) is 0.709. The van der Waals surface area contributed by atoms with Crippen molar-refractivity contribution in [1.82, 2.24) is 10.6 Å². The van der Waals surface area contributed by atoms with Gasteiger partial charge in [0.2, 0.25) is 5.91 Å². The minimum Gasteiger partial charge on any atom is -0.377 e. The molecule has 0 aromatic rings. The van der Waals surface area contributed by atoms with Gasteiger partial charge in [0.25, 0.3) is 0 Å². The molecule has 4 heteroatoms. The SMILES string of the molecule is CCCNC(=O)CNC1CC(OCC(C)C)C1(C)C. The van der Waals surface area contributed by atoms with Crippen LogP contribution in [0.5, 0.6) is 0 Å². The monoisotopic (exact) mass is 270 g/mol.